The van der Waals surface area contributed by atoms with Gasteiger partial charge in [-0.15, -0.1) is 0 Å². The normalized spacial score (nSPS) is 14.4. The van der Waals surface area contributed by atoms with E-state index in [1.807, 2.05) is 31.2 Å². The fraction of sp³-hybridized carbons (Fsp3) is 0.393. The Hall–Kier alpha value is -3.55. The molecule has 2 heterocycles. The number of carboxylic acid groups (broad SMARTS) is 1. The van der Waals surface area contributed by atoms with E-state index in [1.54, 1.807) is 12.3 Å². The number of halogens is 2. The standard InChI is InChI=1S/C28H31FIN6O4/c1-17-28-20(9-6-10-23(28)35(34-17)16-26(38)31-14-25(37)32-15-27(39)40)21-12-24-18(11-22(21)29)13-33-36(24)30-19-7-4-2-3-5-8-19/h6,9-13,19H,2-5,7-8,14-16H2,1H3,(H,31,38)(H,32,37)(H,39,40)/q-1. The molecule has 0 spiro atoms. The van der Waals surface area contributed by atoms with Crippen molar-refractivity contribution in [2.45, 2.75) is 55.9 Å². The number of nitrogens with one attached hydrogen (secondary N) is 2. The predicted octanol–water partition coefficient (Wildman–Crippen LogP) is 0.392. The minimum absolute atomic E-state index is 0.153. The molecule has 3 N–H and O–H groups in total. The van der Waals surface area contributed by atoms with Crippen LogP contribution in [0.15, 0.2) is 36.5 Å². The van der Waals surface area contributed by atoms with Gasteiger partial charge in [-0.3, -0.25) is 9.59 Å². The van der Waals surface area contributed by atoms with Crippen molar-refractivity contribution in [1.29, 1.82) is 0 Å². The Morgan fingerprint density at radius 3 is 2.52 bits per heavy atom. The van der Waals surface area contributed by atoms with Gasteiger partial charge in [-0.05, 0) is 0 Å². The van der Waals surface area contributed by atoms with E-state index in [0.717, 1.165) is 16.3 Å². The average Bonchev–Trinajstić information content (AvgIpc) is 3.33. The number of fused-ring (bicyclic) bond motifs is 2. The first-order chi connectivity index (χ1) is 19.3. The molecule has 2 aromatic carbocycles. The number of carbonyl (C=O) groups is 3. The number of carboxylic acids is 1. The van der Waals surface area contributed by atoms with Crippen LogP contribution in [-0.2, 0) is 20.9 Å². The van der Waals surface area contributed by atoms with E-state index in [-0.39, 0.29) is 40.4 Å². The molecule has 0 atom stereocenters. The molecule has 0 aliphatic heterocycles. The van der Waals surface area contributed by atoms with E-state index >= 15 is 4.39 Å². The minimum atomic E-state index is -1.17. The molecule has 0 saturated heterocycles. The van der Waals surface area contributed by atoms with Crippen LogP contribution in [0.1, 0.15) is 44.2 Å². The molecule has 40 heavy (non-hydrogen) atoms. The fourth-order valence-corrected chi connectivity index (χ4v) is 8.30. The van der Waals surface area contributed by atoms with Gasteiger partial charge < -0.3 is 10.4 Å². The molecule has 212 valence electrons. The number of alkyl halides is 1. The van der Waals surface area contributed by atoms with E-state index in [1.165, 1.54) is 43.2 Å². The van der Waals surface area contributed by atoms with Crippen LogP contribution >= 0.6 is 0 Å². The Balaban J connectivity index is 1.40. The zero-order chi connectivity index (χ0) is 28.2. The number of aromatic nitrogens is 4. The number of nitrogens with zero attached hydrogens (tertiary/aromatic N) is 4. The Kier molecular flexibility index (Phi) is 8.62. The van der Waals surface area contributed by atoms with E-state index in [2.05, 4.69) is 23.7 Å². The third-order valence-electron chi connectivity index (χ3n) is 7.05. The van der Waals surface area contributed by atoms with Crippen LogP contribution in [0.3, 0.4) is 0 Å². The maximum atomic E-state index is 15.5. The summed E-state index contributed by atoms with van der Waals surface area (Å²) < 4.78 is 19.8. The number of hydrogen-bond donors (Lipinski definition) is 3. The van der Waals surface area contributed by atoms with Gasteiger partial charge in [-0.25, -0.2) is 0 Å². The van der Waals surface area contributed by atoms with Crippen LogP contribution in [0.25, 0.3) is 32.9 Å². The summed E-state index contributed by atoms with van der Waals surface area (Å²) in [6.45, 7) is 0.793. The number of rotatable bonds is 9. The Bertz CT molecular complexity index is 1570. The second-order valence-electron chi connectivity index (χ2n) is 9.97. The van der Waals surface area contributed by atoms with Crippen molar-refractivity contribution in [2.75, 3.05) is 13.1 Å². The van der Waals surface area contributed by atoms with Gasteiger partial charge in [0.25, 0.3) is 0 Å². The third-order valence-corrected chi connectivity index (χ3v) is 10.4. The van der Waals surface area contributed by atoms with Crippen molar-refractivity contribution in [1.82, 2.24) is 28.4 Å². The number of aliphatic carboxylic acids is 1. The molecule has 2 amide bonds. The molecule has 0 bridgehead atoms. The predicted molar refractivity (Wildman–Crippen MR) is 144 cm³/mol. The van der Waals surface area contributed by atoms with Gasteiger partial charge >= 0.3 is 209 Å². The zero-order valence-electron chi connectivity index (χ0n) is 22.1. The molecule has 10 nitrogen and oxygen atoms in total. The summed E-state index contributed by atoms with van der Waals surface area (Å²) in [5.74, 6) is -2.58. The van der Waals surface area contributed by atoms with Crippen LogP contribution < -0.4 is 32.1 Å². The number of amides is 2. The van der Waals surface area contributed by atoms with E-state index in [9.17, 15) is 14.4 Å². The van der Waals surface area contributed by atoms with Crippen LogP contribution in [0.5, 0.6) is 0 Å². The molecule has 1 aliphatic rings. The van der Waals surface area contributed by atoms with E-state index in [4.69, 9.17) is 5.11 Å². The second kappa shape index (κ2) is 12.3. The van der Waals surface area contributed by atoms with Crippen molar-refractivity contribution in [3.63, 3.8) is 0 Å². The Morgan fingerprint density at radius 2 is 1.77 bits per heavy atom. The molecular formula is C28H31FIN6O4-. The molecule has 1 aliphatic carbocycles. The Labute approximate surface area is 240 Å². The fourth-order valence-electron chi connectivity index (χ4n) is 5.13. The van der Waals surface area contributed by atoms with Gasteiger partial charge in [-0.1, -0.05) is 0 Å². The maximum absolute atomic E-state index is 15.5. The molecule has 1 saturated carbocycles. The van der Waals surface area contributed by atoms with Gasteiger partial charge in [-0.2, -0.15) is 0 Å². The van der Waals surface area contributed by atoms with Crippen molar-refractivity contribution < 1.29 is 45.4 Å². The van der Waals surface area contributed by atoms with Gasteiger partial charge in [0.2, 0.25) is 5.91 Å². The summed E-state index contributed by atoms with van der Waals surface area (Å²) in [5.41, 5.74) is 3.41. The SMILES string of the molecule is Cc1nn(CC(=O)NCC(=O)NCC(=O)O)c2cccc(-c3cc4c(cnn4[I-]C4CCCCCC4)cc3F)c12. The summed E-state index contributed by atoms with van der Waals surface area (Å²) in [7, 11) is 0. The summed E-state index contributed by atoms with van der Waals surface area (Å²) in [5, 5.41) is 24.0. The van der Waals surface area contributed by atoms with Gasteiger partial charge in [0, 0.05) is 0 Å². The van der Waals surface area contributed by atoms with E-state index < -0.39 is 24.3 Å². The quantitative estimate of drug-likeness (QED) is 0.135. The Morgan fingerprint density at radius 1 is 1.02 bits per heavy atom. The first kappa shape index (κ1) is 28.0. The number of benzene rings is 2. The van der Waals surface area contributed by atoms with Crippen molar-refractivity contribution in [3.8, 4) is 11.1 Å². The van der Waals surface area contributed by atoms with Gasteiger partial charge in [0.1, 0.15) is 6.54 Å². The summed E-state index contributed by atoms with van der Waals surface area (Å²) in [6.07, 6.45) is 9.37. The third kappa shape index (κ3) is 6.26. The van der Waals surface area contributed by atoms with Crippen LogP contribution in [-0.4, -0.2) is 57.7 Å². The molecule has 0 unspecified atom stereocenters. The summed E-state index contributed by atoms with van der Waals surface area (Å²) in [4.78, 5) is 34.8. The van der Waals surface area contributed by atoms with Gasteiger partial charge in [0.05, 0.1) is 0 Å². The number of carbonyl (C=O) groups excluding carboxylic acids is 2. The molecule has 5 rings (SSSR count). The summed E-state index contributed by atoms with van der Waals surface area (Å²) in [6, 6.07) is 8.93. The average molecular weight is 661 g/mol. The molecule has 1 fully saturated rings. The number of hydrogen-bond acceptors (Lipinski definition) is 5. The molecule has 2 aromatic heterocycles. The van der Waals surface area contributed by atoms with Crippen LogP contribution in [0, 0.1) is 12.7 Å². The van der Waals surface area contributed by atoms with Crippen molar-refractivity contribution in [3.05, 3.63) is 48.0 Å². The molecule has 0 radical (unpaired) electrons. The zero-order valence-corrected chi connectivity index (χ0v) is 24.3. The topological polar surface area (TPSA) is 131 Å². The first-order valence-electron chi connectivity index (χ1n) is 13.3. The molecule has 4 aromatic rings. The van der Waals surface area contributed by atoms with Gasteiger partial charge in [0.15, 0.2) is 0 Å². The molecule has 12 heteroatoms. The second-order valence-corrected chi connectivity index (χ2v) is 13.2. The summed E-state index contributed by atoms with van der Waals surface area (Å²) >= 11 is -0.367. The van der Waals surface area contributed by atoms with Crippen LogP contribution in [0.4, 0.5) is 4.39 Å². The molecular weight excluding hydrogens is 630 g/mol. The first-order valence-corrected chi connectivity index (χ1v) is 15.5. The van der Waals surface area contributed by atoms with Crippen LogP contribution in [0.2, 0.25) is 0 Å². The number of aryl methyl sites for hydroxylation is 1. The van der Waals surface area contributed by atoms with E-state index in [0.29, 0.717) is 26.3 Å². The monoisotopic (exact) mass is 661 g/mol. The van der Waals surface area contributed by atoms with Crippen molar-refractivity contribution in [2.24, 2.45) is 0 Å². The van der Waals surface area contributed by atoms with Crippen molar-refractivity contribution >= 4 is 39.6 Å².